The van der Waals surface area contributed by atoms with E-state index >= 15 is 0 Å². The summed E-state index contributed by atoms with van der Waals surface area (Å²) in [5, 5.41) is 7.66. The summed E-state index contributed by atoms with van der Waals surface area (Å²) in [5.41, 5.74) is 2.73. The Kier molecular flexibility index (Phi) is 4.38. The molecule has 0 bridgehead atoms. The first-order valence-electron chi connectivity index (χ1n) is 6.81. The lowest BCUT2D eigenvalue weighted by Crippen LogP contribution is -1.95. The third kappa shape index (κ3) is 2.95. The second kappa shape index (κ2) is 6.62. The molecule has 0 saturated heterocycles. The van der Waals surface area contributed by atoms with Crippen molar-refractivity contribution in [3.05, 3.63) is 36.7 Å². The molecule has 0 spiro atoms. The average Bonchev–Trinajstić information content (AvgIpc) is 3.11. The molecule has 1 aromatic carbocycles. The molecule has 0 amide bonds. The summed E-state index contributed by atoms with van der Waals surface area (Å²) in [6.07, 6.45) is 3.34. The molecule has 23 heavy (non-hydrogen) atoms. The predicted molar refractivity (Wildman–Crippen MR) is 88.2 cm³/mol. The number of benzene rings is 1. The highest BCUT2D eigenvalue weighted by Gasteiger charge is 2.16. The molecular weight excluding hydrogens is 314 g/mol. The third-order valence-electron chi connectivity index (χ3n) is 3.34. The molecule has 0 radical (unpaired) electrons. The van der Waals surface area contributed by atoms with Crippen molar-refractivity contribution in [1.82, 2.24) is 14.6 Å². The van der Waals surface area contributed by atoms with Crippen LogP contribution in [0.25, 0.3) is 21.7 Å². The van der Waals surface area contributed by atoms with Gasteiger partial charge in [0.1, 0.15) is 0 Å². The van der Waals surface area contributed by atoms with Gasteiger partial charge in [0, 0.05) is 11.1 Å². The Morgan fingerprint density at radius 1 is 0.870 bits per heavy atom. The van der Waals surface area contributed by atoms with E-state index in [9.17, 15) is 0 Å². The Morgan fingerprint density at radius 2 is 1.61 bits per heavy atom. The molecule has 7 heteroatoms. The van der Waals surface area contributed by atoms with Crippen LogP contribution < -0.4 is 14.2 Å². The fraction of sp³-hybridized carbons (Fsp3) is 0.188. The Morgan fingerprint density at radius 3 is 2.17 bits per heavy atom. The summed E-state index contributed by atoms with van der Waals surface area (Å²) in [4.78, 5) is 0.996. The second-order valence-corrected chi connectivity index (χ2v) is 5.43. The van der Waals surface area contributed by atoms with Gasteiger partial charge in [-0.2, -0.15) is 14.6 Å². The van der Waals surface area contributed by atoms with Gasteiger partial charge in [-0.1, -0.05) is 0 Å². The Labute approximate surface area is 137 Å². The second-order valence-electron chi connectivity index (χ2n) is 4.62. The highest BCUT2D eigenvalue weighted by Crippen LogP contribution is 2.42. The molecule has 0 aliphatic heterocycles. The fourth-order valence-electron chi connectivity index (χ4n) is 2.21. The molecule has 0 N–H and O–H groups in total. The molecule has 0 atom stereocenters. The summed E-state index contributed by atoms with van der Waals surface area (Å²) in [6.45, 7) is 0. The smallest absolute Gasteiger partial charge is 0.203 e. The lowest BCUT2D eigenvalue weighted by Gasteiger charge is -2.13. The van der Waals surface area contributed by atoms with E-state index in [0.29, 0.717) is 17.2 Å². The van der Waals surface area contributed by atoms with Crippen LogP contribution in [-0.4, -0.2) is 35.9 Å². The minimum atomic E-state index is 0.571. The Bertz CT molecular complexity index is 780. The Hall–Kier alpha value is -2.67. The van der Waals surface area contributed by atoms with Gasteiger partial charge in [-0.15, -0.1) is 0 Å². The summed E-state index contributed by atoms with van der Waals surface area (Å²) < 4.78 is 20.6. The van der Waals surface area contributed by atoms with Crippen molar-refractivity contribution >= 4 is 11.5 Å². The molecule has 3 aromatic rings. The zero-order valence-corrected chi connectivity index (χ0v) is 13.8. The number of hydrogen-bond donors (Lipinski definition) is 0. The van der Waals surface area contributed by atoms with Crippen molar-refractivity contribution in [3.8, 4) is 38.9 Å². The largest absolute Gasteiger partial charge is 0.493 e. The maximum Gasteiger partial charge on any atom is 0.203 e. The van der Waals surface area contributed by atoms with Gasteiger partial charge in [-0.3, -0.25) is 0 Å². The first kappa shape index (κ1) is 15.2. The van der Waals surface area contributed by atoms with Crippen LogP contribution >= 0.6 is 11.5 Å². The van der Waals surface area contributed by atoms with E-state index in [-0.39, 0.29) is 0 Å². The van der Waals surface area contributed by atoms with Gasteiger partial charge in [-0.05, 0) is 35.8 Å². The molecule has 0 aliphatic carbocycles. The molecule has 3 rings (SSSR count). The lowest BCUT2D eigenvalue weighted by molar-refractivity contribution is 0.324. The highest BCUT2D eigenvalue weighted by molar-refractivity contribution is 7.09. The summed E-state index contributed by atoms with van der Waals surface area (Å²) in [5.74, 6) is 1.80. The van der Waals surface area contributed by atoms with E-state index in [4.69, 9.17) is 14.2 Å². The zero-order valence-electron chi connectivity index (χ0n) is 12.9. The fourth-order valence-corrected chi connectivity index (χ4v) is 2.96. The summed E-state index contributed by atoms with van der Waals surface area (Å²) in [6, 6.07) is 7.69. The van der Waals surface area contributed by atoms with E-state index in [0.717, 1.165) is 21.7 Å². The summed E-state index contributed by atoms with van der Waals surface area (Å²) >= 11 is 1.40. The van der Waals surface area contributed by atoms with Crippen LogP contribution in [0.3, 0.4) is 0 Å². The van der Waals surface area contributed by atoms with E-state index in [1.807, 2.05) is 24.3 Å². The topological polar surface area (TPSA) is 66.4 Å². The number of ether oxygens (including phenoxy) is 3. The normalized spacial score (nSPS) is 10.4. The maximum absolute atomic E-state index is 5.39. The SMILES string of the molecule is COc1cc(-c2cc(-c3ccnnc3)ns2)cc(OC)c1OC. The number of rotatable bonds is 5. The maximum atomic E-state index is 5.39. The number of nitrogens with zero attached hydrogens (tertiary/aromatic N) is 3. The standard InChI is InChI=1S/C16H15N3O3S/c1-20-13-6-11(7-14(21-2)16(13)22-3)15-8-12(19-23-15)10-4-5-17-18-9-10/h4-9H,1-3H3. The molecule has 6 nitrogen and oxygen atoms in total. The number of methoxy groups -OCH3 is 3. The van der Waals surface area contributed by atoms with Crippen LogP contribution in [0.4, 0.5) is 0 Å². The van der Waals surface area contributed by atoms with Crippen molar-refractivity contribution in [1.29, 1.82) is 0 Å². The van der Waals surface area contributed by atoms with Crippen LogP contribution in [0, 0.1) is 0 Å². The quantitative estimate of drug-likeness (QED) is 0.715. The van der Waals surface area contributed by atoms with E-state index in [1.165, 1.54) is 11.5 Å². The molecule has 0 unspecified atom stereocenters. The lowest BCUT2D eigenvalue weighted by atomic mass is 10.1. The van der Waals surface area contributed by atoms with Gasteiger partial charge in [0.2, 0.25) is 5.75 Å². The van der Waals surface area contributed by atoms with E-state index in [2.05, 4.69) is 14.6 Å². The van der Waals surface area contributed by atoms with Gasteiger partial charge >= 0.3 is 0 Å². The number of hydrogen-bond acceptors (Lipinski definition) is 7. The van der Waals surface area contributed by atoms with Gasteiger partial charge in [0.25, 0.3) is 0 Å². The molecule has 2 heterocycles. The Balaban J connectivity index is 2.04. The first-order chi connectivity index (χ1) is 11.3. The van der Waals surface area contributed by atoms with Crippen LogP contribution in [0.1, 0.15) is 0 Å². The van der Waals surface area contributed by atoms with Crippen molar-refractivity contribution < 1.29 is 14.2 Å². The average molecular weight is 329 g/mol. The molecule has 0 aliphatic rings. The van der Waals surface area contributed by atoms with E-state index < -0.39 is 0 Å². The minimum absolute atomic E-state index is 0.571. The van der Waals surface area contributed by atoms with Gasteiger partial charge in [-0.25, -0.2) is 0 Å². The van der Waals surface area contributed by atoms with Crippen LogP contribution in [0.2, 0.25) is 0 Å². The van der Waals surface area contributed by atoms with Crippen LogP contribution in [0.5, 0.6) is 17.2 Å². The molecular formula is C16H15N3O3S. The predicted octanol–water partition coefficient (Wildman–Crippen LogP) is 3.29. The van der Waals surface area contributed by atoms with Crippen LogP contribution in [0.15, 0.2) is 36.7 Å². The molecule has 0 fully saturated rings. The third-order valence-corrected chi connectivity index (χ3v) is 4.18. The van der Waals surface area contributed by atoms with Crippen molar-refractivity contribution in [2.45, 2.75) is 0 Å². The summed E-state index contributed by atoms with van der Waals surface area (Å²) in [7, 11) is 4.78. The molecule has 118 valence electrons. The first-order valence-corrected chi connectivity index (χ1v) is 7.58. The van der Waals surface area contributed by atoms with E-state index in [1.54, 1.807) is 33.7 Å². The minimum Gasteiger partial charge on any atom is -0.493 e. The van der Waals surface area contributed by atoms with Gasteiger partial charge < -0.3 is 14.2 Å². The van der Waals surface area contributed by atoms with Crippen molar-refractivity contribution in [2.24, 2.45) is 0 Å². The molecule has 2 aromatic heterocycles. The monoisotopic (exact) mass is 329 g/mol. The highest BCUT2D eigenvalue weighted by atomic mass is 32.1. The van der Waals surface area contributed by atoms with Crippen molar-refractivity contribution in [2.75, 3.05) is 21.3 Å². The van der Waals surface area contributed by atoms with Gasteiger partial charge in [0.15, 0.2) is 11.5 Å². The van der Waals surface area contributed by atoms with Crippen LogP contribution in [-0.2, 0) is 0 Å². The zero-order chi connectivity index (χ0) is 16.2. The molecule has 0 saturated carbocycles. The van der Waals surface area contributed by atoms with Crippen molar-refractivity contribution in [3.63, 3.8) is 0 Å². The number of aromatic nitrogens is 3. The van der Waals surface area contributed by atoms with Gasteiger partial charge in [0.05, 0.1) is 44.3 Å².